The Balaban J connectivity index is 0.00000190. The Hall–Kier alpha value is -3.13. The molecule has 148 valence electrons. The SMILES string of the molecule is CC.CCOC(=O)c1cnc(Nc2ccccc2)c(/C(C)=C(\C)CC)c1C#N. The van der Waals surface area contributed by atoms with Gasteiger partial charge in [0.2, 0.25) is 0 Å². The van der Waals surface area contributed by atoms with Gasteiger partial charge in [0.05, 0.1) is 17.7 Å². The summed E-state index contributed by atoms with van der Waals surface area (Å²) in [5, 5.41) is 13.0. The highest BCUT2D eigenvalue weighted by Gasteiger charge is 2.22. The molecule has 28 heavy (non-hydrogen) atoms. The zero-order valence-electron chi connectivity index (χ0n) is 17.6. The smallest absolute Gasteiger partial charge is 0.341 e. The van der Waals surface area contributed by atoms with Crippen LogP contribution in [0.3, 0.4) is 0 Å². The topological polar surface area (TPSA) is 75.0 Å². The van der Waals surface area contributed by atoms with Gasteiger partial charge in [0, 0.05) is 17.4 Å². The number of nitrogens with one attached hydrogen (secondary N) is 1. The van der Waals surface area contributed by atoms with Gasteiger partial charge in [-0.1, -0.05) is 44.5 Å². The lowest BCUT2D eigenvalue weighted by Gasteiger charge is -2.17. The predicted octanol–water partition coefficient (Wildman–Crippen LogP) is 6.10. The summed E-state index contributed by atoms with van der Waals surface area (Å²) in [5.41, 5.74) is 4.02. The van der Waals surface area contributed by atoms with Crippen molar-refractivity contribution in [1.82, 2.24) is 4.98 Å². The lowest BCUT2D eigenvalue weighted by molar-refractivity contribution is 0.0525. The van der Waals surface area contributed by atoms with Gasteiger partial charge >= 0.3 is 5.97 Å². The van der Waals surface area contributed by atoms with Crippen LogP contribution in [0.5, 0.6) is 0 Å². The fraction of sp³-hybridized carbons (Fsp3) is 0.348. The first-order chi connectivity index (χ1) is 13.5. The standard InChI is InChI=1S/C21H23N3O2.C2H6/c1-5-14(3)15(4)19-17(12-22)18(21(25)26-6-2)13-23-20(19)24-16-10-8-7-9-11-16;1-2/h7-11,13H,5-6H2,1-4H3,(H,23,24);1-2H3/b15-14+;. The van der Waals surface area contributed by atoms with E-state index >= 15 is 0 Å². The van der Waals surface area contributed by atoms with E-state index in [1.54, 1.807) is 6.92 Å². The molecule has 0 saturated heterocycles. The molecule has 0 unspecified atom stereocenters. The van der Waals surface area contributed by atoms with E-state index in [0.717, 1.165) is 23.3 Å². The van der Waals surface area contributed by atoms with Crippen molar-refractivity contribution in [3.05, 3.63) is 58.8 Å². The zero-order valence-corrected chi connectivity index (χ0v) is 17.6. The minimum absolute atomic E-state index is 0.186. The van der Waals surface area contributed by atoms with Crippen LogP contribution in [0.25, 0.3) is 5.57 Å². The lowest BCUT2D eigenvalue weighted by atomic mass is 9.94. The van der Waals surface area contributed by atoms with E-state index in [0.29, 0.717) is 11.4 Å². The Bertz CT molecular complexity index is 865. The van der Waals surface area contributed by atoms with E-state index in [1.165, 1.54) is 6.20 Å². The van der Waals surface area contributed by atoms with Gasteiger partial charge in [-0.25, -0.2) is 9.78 Å². The number of anilines is 2. The van der Waals surface area contributed by atoms with E-state index < -0.39 is 5.97 Å². The van der Waals surface area contributed by atoms with Crippen molar-refractivity contribution in [2.24, 2.45) is 0 Å². The molecule has 0 aliphatic heterocycles. The van der Waals surface area contributed by atoms with Gasteiger partial charge in [0.25, 0.3) is 0 Å². The number of pyridine rings is 1. The van der Waals surface area contributed by atoms with Gasteiger partial charge < -0.3 is 10.1 Å². The highest BCUT2D eigenvalue weighted by Crippen LogP contribution is 2.32. The largest absolute Gasteiger partial charge is 0.462 e. The van der Waals surface area contributed by atoms with Crippen molar-refractivity contribution < 1.29 is 9.53 Å². The van der Waals surface area contributed by atoms with Crippen LogP contribution in [0.1, 0.15) is 69.4 Å². The number of para-hydroxylation sites is 1. The van der Waals surface area contributed by atoms with Crippen molar-refractivity contribution in [1.29, 1.82) is 5.26 Å². The van der Waals surface area contributed by atoms with Crippen LogP contribution in [0.2, 0.25) is 0 Å². The van der Waals surface area contributed by atoms with Crippen LogP contribution in [-0.2, 0) is 4.74 Å². The molecule has 2 aromatic rings. The summed E-state index contributed by atoms with van der Waals surface area (Å²) >= 11 is 0. The molecule has 1 aromatic carbocycles. The number of carbonyl (C=O) groups is 1. The van der Waals surface area contributed by atoms with E-state index in [-0.39, 0.29) is 17.7 Å². The van der Waals surface area contributed by atoms with Gasteiger partial charge in [-0.3, -0.25) is 0 Å². The minimum Gasteiger partial charge on any atom is -0.462 e. The first-order valence-electron chi connectivity index (χ1n) is 9.62. The summed E-state index contributed by atoms with van der Waals surface area (Å²) in [6, 6.07) is 11.8. The Morgan fingerprint density at radius 1 is 1.18 bits per heavy atom. The van der Waals surface area contributed by atoms with Crippen LogP contribution in [0, 0.1) is 11.3 Å². The Morgan fingerprint density at radius 2 is 1.82 bits per heavy atom. The second-order valence-corrected chi connectivity index (χ2v) is 5.85. The van der Waals surface area contributed by atoms with E-state index in [4.69, 9.17) is 4.74 Å². The Kier molecular flexibility index (Phi) is 9.45. The third kappa shape index (κ3) is 5.43. The summed E-state index contributed by atoms with van der Waals surface area (Å²) in [6.45, 7) is 12.0. The number of carbonyl (C=O) groups excluding carboxylic acids is 1. The van der Waals surface area contributed by atoms with Gasteiger partial charge in [0.1, 0.15) is 11.9 Å². The molecule has 5 heteroatoms. The van der Waals surface area contributed by atoms with Crippen LogP contribution in [-0.4, -0.2) is 17.6 Å². The molecule has 5 nitrogen and oxygen atoms in total. The number of aromatic nitrogens is 1. The van der Waals surface area contributed by atoms with Crippen LogP contribution < -0.4 is 5.32 Å². The van der Waals surface area contributed by atoms with Crippen LogP contribution >= 0.6 is 0 Å². The molecular weight excluding hydrogens is 350 g/mol. The summed E-state index contributed by atoms with van der Waals surface area (Å²) in [7, 11) is 0. The van der Waals surface area contributed by atoms with Crippen molar-refractivity contribution in [3.8, 4) is 6.07 Å². The quantitative estimate of drug-likeness (QED) is 0.613. The Labute approximate surface area is 168 Å². The maximum atomic E-state index is 12.3. The number of benzene rings is 1. The normalized spacial score (nSPS) is 10.8. The molecule has 2 rings (SSSR count). The van der Waals surface area contributed by atoms with E-state index in [9.17, 15) is 10.1 Å². The first-order valence-corrected chi connectivity index (χ1v) is 9.62. The predicted molar refractivity (Wildman–Crippen MR) is 115 cm³/mol. The van der Waals surface area contributed by atoms with Crippen LogP contribution in [0.4, 0.5) is 11.5 Å². The molecule has 1 heterocycles. The maximum Gasteiger partial charge on any atom is 0.341 e. The molecule has 0 fully saturated rings. The van der Waals surface area contributed by atoms with Crippen LogP contribution in [0.15, 0.2) is 42.1 Å². The second-order valence-electron chi connectivity index (χ2n) is 5.85. The number of nitriles is 1. The first kappa shape index (κ1) is 22.9. The summed E-state index contributed by atoms with van der Waals surface area (Å²) in [6.07, 6.45) is 2.24. The third-order valence-electron chi connectivity index (χ3n) is 4.27. The molecule has 0 radical (unpaired) electrons. The number of hydrogen-bond acceptors (Lipinski definition) is 5. The summed E-state index contributed by atoms with van der Waals surface area (Å²) in [4.78, 5) is 16.7. The summed E-state index contributed by atoms with van der Waals surface area (Å²) in [5.74, 6) is 0.0112. The second kappa shape index (κ2) is 11.6. The lowest BCUT2D eigenvalue weighted by Crippen LogP contribution is -2.11. The summed E-state index contributed by atoms with van der Waals surface area (Å²) < 4.78 is 5.08. The fourth-order valence-electron chi connectivity index (χ4n) is 2.59. The maximum absolute atomic E-state index is 12.3. The van der Waals surface area contributed by atoms with Gasteiger partial charge in [-0.2, -0.15) is 5.26 Å². The van der Waals surface area contributed by atoms with E-state index in [2.05, 4.69) is 23.3 Å². The average molecular weight is 380 g/mol. The van der Waals surface area contributed by atoms with Gasteiger partial charge in [0.15, 0.2) is 0 Å². The highest BCUT2D eigenvalue weighted by molar-refractivity contribution is 5.96. The Morgan fingerprint density at radius 3 is 2.36 bits per heavy atom. The minimum atomic E-state index is -0.536. The van der Waals surface area contributed by atoms with Gasteiger partial charge in [-0.15, -0.1) is 0 Å². The molecule has 0 saturated carbocycles. The molecule has 0 aliphatic rings. The third-order valence-corrected chi connectivity index (χ3v) is 4.27. The molecule has 0 amide bonds. The van der Waals surface area contributed by atoms with Crippen molar-refractivity contribution in [2.75, 3.05) is 11.9 Å². The number of nitrogens with zero attached hydrogens (tertiary/aromatic N) is 2. The van der Waals surface area contributed by atoms with Gasteiger partial charge in [-0.05, 0) is 44.9 Å². The number of rotatable bonds is 6. The number of esters is 1. The monoisotopic (exact) mass is 379 g/mol. The molecule has 1 N–H and O–H groups in total. The molecular formula is C23H29N3O2. The molecule has 1 aromatic heterocycles. The molecule has 0 aliphatic carbocycles. The molecule has 0 spiro atoms. The van der Waals surface area contributed by atoms with Crippen molar-refractivity contribution in [3.63, 3.8) is 0 Å². The van der Waals surface area contributed by atoms with E-state index in [1.807, 2.05) is 58.0 Å². The molecule has 0 atom stereocenters. The highest BCUT2D eigenvalue weighted by atomic mass is 16.5. The zero-order chi connectivity index (χ0) is 21.1. The number of hydrogen-bond donors (Lipinski definition) is 1. The van der Waals surface area contributed by atoms with Crippen molar-refractivity contribution >= 4 is 23.0 Å². The fourth-order valence-corrected chi connectivity index (χ4v) is 2.59. The number of allylic oxidation sites excluding steroid dienone is 2. The van der Waals surface area contributed by atoms with Crippen molar-refractivity contribution in [2.45, 2.75) is 48.0 Å². The molecule has 0 bridgehead atoms. The number of ether oxygens (including phenoxy) is 1. The average Bonchev–Trinajstić information content (AvgIpc) is 2.74.